The van der Waals surface area contributed by atoms with Crippen LogP contribution in [-0.2, 0) is 0 Å². The van der Waals surface area contributed by atoms with Crippen molar-refractivity contribution in [3.05, 3.63) is 148 Å². The van der Waals surface area contributed by atoms with Crippen molar-refractivity contribution >= 4 is 17.3 Å². The predicted octanol–water partition coefficient (Wildman–Crippen LogP) is 6.54. The van der Waals surface area contributed by atoms with Crippen LogP contribution in [-0.4, -0.2) is 29.4 Å². The van der Waals surface area contributed by atoms with Gasteiger partial charge < -0.3 is 9.72 Å². The van der Waals surface area contributed by atoms with Crippen LogP contribution in [0.2, 0.25) is 0 Å². The first-order valence-electron chi connectivity index (χ1n) is 12.8. The average molecular weight is 546 g/mol. The Labute approximate surface area is 235 Å². The van der Waals surface area contributed by atoms with Gasteiger partial charge in [0, 0.05) is 16.7 Å². The Morgan fingerprint density at radius 1 is 0.683 bits per heavy atom. The lowest BCUT2D eigenvalue weighted by atomic mass is 9.86. The van der Waals surface area contributed by atoms with E-state index in [9.17, 15) is 23.6 Å². The highest BCUT2D eigenvalue weighted by atomic mass is 19.1. The van der Waals surface area contributed by atoms with Crippen LogP contribution in [0.4, 0.5) is 4.39 Å². The number of Topliss-reactive ketones (excluding diaryl/α,β-unsaturated/α-hetero) is 2. The predicted molar refractivity (Wildman–Crippen MR) is 154 cm³/mol. The van der Waals surface area contributed by atoms with Gasteiger partial charge in [-0.25, -0.2) is 4.39 Å². The van der Waals surface area contributed by atoms with Gasteiger partial charge in [0.2, 0.25) is 0 Å². The lowest BCUT2D eigenvalue weighted by Crippen LogP contribution is -2.25. The molecular formula is C34H24FNO5. The molecule has 6 nitrogen and oxygen atoms in total. The molecule has 0 radical (unpaired) electrons. The normalized spacial score (nSPS) is 10.7. The van der Waals surface area contributed by atoms with E-state index < -0.39 is 35.1 Å². The SMILES string of the molecule is COc1ccc(-c2[nH]c(=O)c(C(=O)c3ccc(F)cc3)c(-c3ccccc3)c2C(=O)CC(=O)c2ccccc2)cc1. The summed E-state index contributed by atoms with van der Waals surface area (Å²) in [5.74, 6) is -1.64. The number of ether oxygens (including phenoxy) is 1. The van der Waals surface area contributed by atoms with Gasteiger partial charge in [0.15, 0.2) is 17.3 Å². The highest BCUT2D eigenvalue weighted by molar-refractivity contribution is 6.21. The molecule has 7 heteroatoms. The molecule has 0 saturated carbocycles. The van der Waals surface area contributed by atoms with Crippen LogP contribution in [0.15, 0.2) is 114 Å². The number of pyridine rings is 1. The molecule has 5 aromatic rings. The highest BCUT2D eigenvalue weighted by Crippen LogP contribution is 2.35. The zero-order chi connectivity index (χ0) is 28.9. The van der Waals surface area contributed by atoms with Crippen molar-refractivity contribution in [1.82, 2.24) is 4.98 Å². The number of hydrogen-bond acceptors (Lipinski definition) is 5. The molecule has 0 atom stereocenters. The van der Waals surface area contributed by atoms with E-state index in [1.54, 1.807) is 84.9 Å². The maximum absolute atomic E-state index is 14.1. The molecule has 0 spiro atoms. The fourth-order valence-electron chi connectivity index (χ4n) is 4.67. The minimum absolute atomic E-state index is 0.0238. The fourth-order valence-corrected chi connectivity index (χ4v) is 4.67. The van der Waals surface area contributed by atoms with Crippen molar-refractivity contribution in [2.24, 2.45) is 0 Å². The van der Waals surface area contributed by atoms with Crippen LogP contribution in [0.1, 0.15) is 43.1 Å². The summed E-state index contributed by atoms with van der Waals surface area (Å²) in [6, 6.07) is 28.5. The fraction of sp³-hybridized carbons (Fsp3) is 0.0588. The minimum Gasteiger partial charge on any atom is -0.497 e. The van der Waals surface area contributed by atoms with E-state index in [1.165, 1.54) is 19.2 Å². The summed E-state index contributed by atoms with van der Waals surface area (Å²) in [6.07, 6.45) is -0.497. The number of nitrogens with one attached hydrogen (secondary N) is 1. The van der Waals surface area contributed by atoms with Crippen molar-refractivity contribution in [1.29, 1.82) is 0 Å². The van der Waals surface area contributed by atoms with Gasteiger partial charge in [-0.2, -0.15) is 0 Å². The molecule has 41 heavy (non-hydrogen) atoms. The summed E-state index contributed by atoms with van der Waals surface area (Å²) < 4.78 is 18.9. The van der Waals surface area contributed by atoms with E-state index in [-0.39, 0.29) is 27.9 Å². The molecule has 0 bridgehead atoms. The van der Waals surface area contributed by atoms with Gasteiger partial charge in [0.1, 0.15) is 11.6 Å². The number of halogens is 1. The third kappa shape index (κ3) is 5.65. The summed E-state index contributed by atoms with van der Waals surface area (Å²) in [4.78, 5) is 57.4. The van der Waals surface area contributed by atoms with Crippen molar-refractivity contribution in [2.45, 2.75) is 6.42 Å². The Morgan fingerprint density at radius 3 is 1.90 bits per heavy atom. The second-order valence-corrected chi connectivity index (χ2v) is 9.27. The molecule has 1 N–H and O–H groups in total. The first kappa shape index (κ1) is 27.1. The molecule has 0 unspecified atom stereocenters. The van der Waals surface area contributed by atoms with Gasteiger partial charge in [-0.3, -0.25) is 19.2 Å². The number of aromatic amines is 1. The van der Waals surface area contributed by atoms with Gasteiger partial charge in [-0.15, -0.1) is 0 Å². The number of hydrogen-bond donors (Lipinski definition) is 1. The maximum atomic E-state index is 14.1. The molecule has 0 fully saturated rings. The zero-order valence-electron chi connectivity index (χ0n) is 22.0. The number of benzene rings is 4. The van der Waals surface area contributed by atoms with Crippen LogP contribution < -0.4 is 10.3 Å². The molecule has 0 aliphatic rings. The summed E-state index contributed by atoms with van der Waals surface area (Å²) in [7, 11) is 1.52. The number of H-pyrrole nitrogens is 1. The third-order valence-corrected chi connectivity index (χ3v) is 6.69. The van der Waals surface area contributed by atoms with Gasteiger partial charge >= 0.3 is 0 Å². The Balaban J connectivity index is 1.79. The molecule has 202 valence electrons. The number of aromatic nitrogens is 1. The van der Waals surface area contributed by atoms with E-state index in [0.717, 1.165) is 12.1 Å². The number of methoxy groups -OCH3 is 1. The summed E-state index contributed by atoms with van der Waals surface area (Å²) in [5.41, 5.74) is 0.635. The van der Waals surface area contributed by atoms with Gasteiger partial charge in [-0.05, 0) is 59.7 Å². The Hall–Kier alpha value is -5.43. The van der Waals surface area contributed by atoms with Crippen molar-refractivity contribution in [2.75, 3.05) is 7.11 Å². The zero-order valence-corrected chi connectivity index (χ0v) is 22.0. The van der Waals surface area contributed by atoms with Gasteiger partial charge in [-0.1, -0.05) is 60.7 Å². The van der Waals surface area contributed by atoms with E-state index >= 15 is 0 Å². The first-order chi connectivity index (χ1) is 19.9. The van der Waals surface area contributed by atoms with Crippen molar-refractivity contribution < 1.29 is 23.5 Å². The Kier molecular flexibility index (Phi) is 7.78. The van der Waals surface area contributed by atoms with E-state index in [0.29, 0.717) is 22.4 Å². The van der Waals surface area contributed by atoms with E-state index in [2.05, 4.69) is 4.98 Å². The Morgan fingerprint density at radius 2 is 1.29 bits per heavy atom. The number of carbonyl (C=O) groups is 3. The monoisotopic (exact) mass is 545 g/mol. The van der Waals surface area contributed by atoms with Gasteiger partial charge in [0.05, 0.1) is 30.4 Å². The third-order valence-electron chi connectivity index (χ3n) is 6.69. The average Bonchev–Trinajstić information content (AvgIpc) is 3.01. The number of carbonyl (C=O) groups excluding carboxylic acids is 3. The highest BCUT2D eigenvalue weighted by Gasteiger charge is 2.29. The topological polar surface area (TPSA) is 93.3 Å². The molecule has 5 rings (SSSR count). The van der Waals surface area contributed by atoms with Crippen LogP contribution in [0.3, 0.4) is 0 Å². The number of ketones is 3. The van der Waals surface area contributed by atoms with Crippen LogP contribution in [0.5, 0.6) is 5.75 Å². The smallest absolute Gasteiger partial charge is 0.260 e. The molecule has 0 aliphatic carbocycles. The number of rotatable bonds is 9. The maximum Gasteiger partial charge on any atom is 0.260 e. The summed E-state index contributed by atoms with van der Waals surface area (Å²) in [6.45, 7) is 0. The summed E-state index contributed by atoms with van der Waals surface area (Å²) in [5, 5.41) is 0. The lowest BCUT2D eigenvalue weighted by molar-refractivity contribution is 0.0894. The minimum atomic E-state index is -0.727. The quantitative estimate of drug-likeness (QED) is 0.168. The second kappa shape index (κ2) is 11.8. The van der Waals surface area contributed by atoms with Crippen LogP contribution >= 0.6 is 0 Å². The van der Waals surface area contributed by atoms with Gasteiger partial charge in [0.25, 0.3) is 5.56 Å². The summed E-state index contributed by atoms with van der Waals surface area (Å²) >= 11 is 0. The Bertz CT molecular complexity index is 1790. The molecule has 0 amide bonds. The molecule has 0 aliphatic heterocycles. The van der Waals surface area contributed by atoms with Crippen molar-refractivity contribution in [3.8, 4) is 28.1 Å². The first-order valence-corrected chi connectivity index (χ1v) is 12.8. The largest absolute Gasteiger partial charge is 0.497 e. The van der Waals surface area contributed by atoms with Crippen molar-refractivity contribution in [3.63, 3.8) is 0 Å². The molecule has 1 heterocycles. The molecule has 0 saturated heterocycles. The molecule has 4 aromatic carbocycles. The standard InChI is InChI=1S/C34H24FNO5/c1-41-26-18-14-23(15-19-26)32-30(28(38)20-27(37)21-8-4-2-5-9-21)29(22-10-6-3-7-11-22)31(34(40)36-32)33(39)24-12-16-25(35)17-13-24/h2-19H,20H2,1H3,(H,36,40). The lowest BCUT2D eigenvalue weighted by Gasteiger charge is -2.18. The van der Waals surface area contributed by atoms with Crippen LogP contribution in [0, 0.1) is 5.82 Å². The molecule has 1 aromatic heterocycles. The van der Waals surface area contributed by atoms with E-state index in [4.69, 9.17) is 4.74 Å². The second-order valence-electron chi connectivity index (χ2n) is 9.27. The molecular weight excluding hydrogens is 521 g/mol. The van der Waals surface area contributed by atoms with Crippen LogP contribution in [0.25, 0.3) is 22.4 Å². The van der Waals surface area contributed by atoms with E-state index in [1.807, 2.05) is 0 Å².